The van der Waals surface area contributed by atoms with Crippen molar-refractivity contribution in [2.75, 3.05) is 5.73 Å². The Morgan fingerprint density at radius 1 is 0.952 bits per heavy atom. The highest BCUT2D eigenvalue weighted by Crippen LogP contribution is 2.30. The summed E-state index contributed by atoms with van der Waals surface area (Å²) in [7, 11) is 0. The first-order valence-electron chi connectivity index (χ1n) is 7.19. The monoisotopic (exact) mass is 277 g/mol. The van der Waals surface area contributed by atoms with Crippen LogP contribution in [0, 0.1) is 6.92 Å². The van der Waals surface area contributed by atoms with E-state index in [1.807, 2.05) is 6.07 Å². The average molecular weight is 277 g/mol. The van der Waals surface area contributed by atoms with Crippen LogP contribution >= 0.6 is 0 Å². The summed E-state index contributed by atoms with van der Waals surface area (Å²) in [5.74, 6) is 0.659. The lowest BCUT2D eigenvalue weighted by atomic mass is 9.97. The Labute approximate surface area is 124 Å². The number of nitrogen functional groups attached to an aromatic ring is 1. The summed E-state index contributed by atoms with van der Waals surface area (Å²) in [5.41, 5.74) is 10.1. The highest BCUT2D eigenvalue weighted by molar-refractivity contribution is 5.97. The minimum atomic E-state index is 0.325. The normalized spacial score (nSPS) is 11.2. The molecule has 0 bridgehead atoms. The fraction of sp³-hybridized carbons (Fsp3) is 0.222. The van der Waals surface area contributed by atoms with E-state index < -0.39 is 0 Å². The third-order valence-electron chi connectivity index (χ3n) is 3.77. The number of rotatable bonds is 2. The van der Waals surface area contributed by atoms with Gasteiger partial charge >= 0.3 is 0 Å². The van der Waals surface area contributed by atoms with Crippen molar-refractivity contribution in [3.8, 4) is 11.3 Å². The highest BCUT2D eigenvalue weighted by atomic mass is 15.0. The van der Waals surface area contributed by atoms with Gasteiger partial charge in [0.25, 0.3) is 0 Å². The average Bonchev–Trinajstić information content (AvgIpc) is 2.47. The van der Waals surface area contributed by atoms with E-state index in [4.69, 9.17) is 5.73 Å². The summed E-state index contributed by atoms with van der Waals surface area (Å²) in [6, 6.07) is 14.7. The number of nitrogens with zero attached hydrogens (tertiary/aromatic N) is 2. The molecule has 106 valence electrons. The number of hydrogen-bond acceptors (Lipinski definition) is 3. The van der Waals surface area contributed by atoms with E-state index in [0.29, 0.717) is 11.9 Å². The summed E-state index contributed by atoms with van der Waals surface area (Å²) in [5, 5.41) is 2.45. The lowest BCUT2D eigenvalue weighted by Gasteiger charge is -2.11. The minimum Gasteiger partial charge on any atom is -0.368 e. The van der Waals surface area contributed by atoms with Gasteiger partial charge < -0.3 is 5.73 Å². The van der Waals surface area contributed by atoms with Crippen LogP contribution < -0.4 is 5.73 Å². The van der Waals surface area contributed by atoms with E-state index in [1.165, 1.54) is 16.3 Å². The maximum atomic E-state index is 5.89. The summed E-state index contributed by atoms with van der Waals surface area (Å²) >= 11 is 0. The van der Waals surface area contributed by atoms with Gasteiger partial charge in [0.15, 0.2) is 0 Å². The predicted molar refractivity (Wildman–Crippen MR) is 88.2 cm³/mol. The van der Waals surface area contributed by atoms with Gasteiger partial charge in [0.05, 0.1) is 5.69 Å². The van der Waals surface area contributed by atoms with Gasteiger partial charge in [-0.2, -0.15) is 0 Å². The zero-order chi connectivity index (χ0) is 15.0. The molecule has 0 unspecified atom stereocenters. The number of anilines is 1. The third-order valence-corrected chi connectivity index (χ3v) is 3.77. The number of fused-ring (bicyclic) bond motifs is 1. The molecule has 0 radical (unpaired) electrons. The number of aromatic nitrogens is 2. The Balaban J connectivity index is 2.28. The van der Waals surface area contributed by atoms with Crippen LogP contribution in [-0.4, -0.2) is 9.97 Å². The molecule has 0 saturated carbocycles. The third kappa shape index (κ3) is 2.47. The molecular formula is C18H19N3. The van der Waals surface area contributed by atoms with Gasteiger partial charge in [0, 0.05) is 11.3 Å². The van der Waals surface area contributed by atoms with Crippen LogP contribution in [0.1, 0.15) is 31.0 Å². The first-order chi connectivity index (χ1) is 10.1. The van der Waals surface area contributed by atoms with Crippen LogP contribution in [-0.2, 0) is 0 Å². The first kappa shape index (κ1) is 13.6. The Bertz CT molecular complexity index is 807. The zero-order valence-corrected chi connectivity index (χ0v) is 12.6. The van der Waals surface area contributed by atoms with E-state index in [-0.39, 0.29) is 0 Å². The summed E-state index contributed by atoms with van der Waals surface area (Å²) in [6.07, 6.45) is 0. The molecule has 0 amide bonds. The van der Waals surface area contributed by atoms with Crippen LogP contribution in [0.25, 0.3) is 22.0 Å². The number of benzene rings is 2. The van der Waals surface area contributed by atoms with Crippen molar-refractivity contribution >= 4 is 16.7 Å². The molecule has 0 saturated heterocycles. The molecule has 1 aromatic heterocycles. The molecular weight excluding hydrogens is 258 g/mol. The molecule has 0 aliphatic carbocycles. The first-order valence-corrected chi connectivity index (χ1v) is 7.19. The lowest BCUT2D eigenvalue weighted by Crippen LogP contribution is -2.02. The van der Waals surface area contributed by atoms with Crippen LogP contribution in [0.3, 0.4) is 0 Å². The Morgan fingerprint density at radius 3 is 2.38 bits per heavy atom. The molecule has 0 fully saturated rings. The zero-order valence-electron chi connectivity index (χ0n) is 12.6. The van der Waals surface area contributed by atoms with E-state index in [2.05, 4.69) is 67.1 Å². The number of hydrogen-bond donors (Lipinski definition) is 1. The standard InChI is InChI=1S/C18H19N3/c1-11(2)16-10-17(21-18(19)20-16)15-9-8-12(3)13-6-4-5-7-14(13)15/h4-11H,1-3H3,(H2,19,20,21). The molecule has 21 heavy (non-hydrogen) atoms. The predicted octanol–water partition coefficient (Wildman–Crippen LogP) is 4.31. The maximum Gasteiger partial charge on any atom is 0.220 e. The van der Waals surface area contributed by atoms with Gasteiger partial charge in [-0.1, -0.05) is 50.2 Å². The van der Waals surface area contributed by atoms with Crippen LogP contribution in [0.5, 0.6) is 0 Å². The molecule has 0 spiro atoms. The van der Waals surface area contributed by atoms with Crippen molar-refractivity contribution in [2.45, 2.75) is 26.7 Å². The highest BCUT2D eigenvalue weighted by Gasteiger charge is 2.11. The quantitative estimate of drug-likeness (QED) is 0.759. The van der Waals surface area contributed by atoms with Gasteiger partial charge in [-0.05, 0) is 35.2 Å². The van der Waals surface area contributed by atoms with Crippen molar-refractivity contribution in [2.24, 2.45) is 0 Å². The van der Waals surface area contributed by atoms with Crippen molar-refractivity contribution < 1.29 is 0 Å². The number of aryl methyl sites for hydroxylation is 1. The second-order valence-corrected chi connectivity index (χ2v) is 5.67. The molecule has 3 aromatic rings. The molecule has 0 aliphatic rings. The van der Waals surface area contributed by atoms with Crippen molar-refractivity contribution in [3.63, 3.8) is 0 Å². The maximum absolute atomic E-state index is 5.89. The molecule has 3 rings (SSSR count). The SMILES string of the molecule is Cc1ccc(-c2cc(C(C)C)nc(N)n2)c2ccccc12. The van der Waals surface area contributed by atoms with Crippen molar-refractivity contribution in [3.05, 3.63) is 53.7 Å². The molecule has 1 heterocycles. The van der Waals surface area contributed by atoms with E-state index in [1.54, 1.807) is 0 Å². The summed E-state index contributed by atoms with van der Waals surface area (Å²) in [6.45, 7) is 6.34. The van der Waals surface area contributed by atoms with Crippen molar-refractivity contribution in [1.82, 2.24) is 9.97 Å². The Hall–Kier alpha value is -2.42. The second kappa shape index (κ2) is 5.17. The largest absolute Gasteiger partial charge is 0.368 e. The fourth-order valence-electron chi connectivity index (χ4n) is 2.59. The number of nitrogens with two attached hydrogens (primary N) is 1. The molecule has 0 aliphatic heterocycles. The van der Waals surface area contributed by atoms with E-state index >= 15 is 0 Å². The minimum absolute atomic E-state index is 0.325. The molecule has 2 aromatic carbocycles. The van der Waals surface area contributed by atoms with Crippen molar-refractivity contribution in [1.29, 1.82) is 0 Å². The summed E-state index contributed by atoms with van der Waals surface area (Å²) < 4.78 is 0. The van der Waals surface area contributed by atoms with Gasteiger partial charge in [-0.15, -0.1) is 0 Å². The van der Waals surface area contributed by atoms with E-state index in [0.717, 1.165) is 17.0 Å². The van der Waals surface area contributed by atoms with Gasteiger partial charge in [-0.3, -0.25) is 0 Å². The summed E-state index contributed by atoms with van der Waals surface area (Å²) in [4.78, 5) is 8.76. The fourth-order valence-corrected chi connectivity index (χ4v) is 2.59. The van der Waals surface area contributed by atoms with Gasteiger partial charge in [-0.25, -0.2) is 9.97 Å². The van der Waals surface area contributed by atoms with E-state index in [9.17, 15) is 0 Å². The Kier molecular flexibility index (Phi) is 3.34. The van der Waals surface area contributed by atoms with Crippen LogP contribution in [0.2, 0.25) is 0 Å². The second-order valence-electron chi connectivity index (χ2n) is 5.67. The van der Waals surface area contributed by atoms with Crippen LogP contribution in [0.15, 0.2) is 42.5 Å². The van der Waals surface area contributed by atoms with Crippen LogP contribution in [0.4, 0.5) is 5.95 Å². The smallest absolute Gasteiger partial charge is 0.220 e. The topological polar surface area (TPSA) is 51.8 Å². The van der Waals surface area contributed by atoms with Gasteiger partial charge in [0.2, 0.25) is 5.95 Å². The molecule has 3 nitrogen and oxygen atoms in total. The van der Waals surface area contributed by atoms with Gasteiger partial charge in [0.1, 0.15) is 0 Å². The lowest BCUT2D eigenvalue weighted by molar-refractivity contribution is 0.819. The molecule has 0 atom stereocenters. The molecule has 2 N–H and O–H groups in total. The molecule has 3 heteroatoms. The Morgan fingerprint density at radius 2 is 1.67 bits per heavy atom.